The van der Waals surface area contributed by atoms with Crippen LogP contribution in [0.4, 0.5) is 4.79 Å². The van der Waals surface area contributed by atoms with Gasteiger partial charge in [0.05, 0.1) is 17.3 Å². The van der Waals surface area contributed by atoms with Gasteiger partial charge in [-0.1, -0.05) is 0 Å². The second-order valence-corrected chi connectivity index (χ2v) is 9.59. The Labute approximate surface area is 153 Å². The monoisotopic (exact) mass is 361 g/mol. The molecule has 1 aromatic heterocycles. The van der Waals surface area contributed by atoms with Crippen LogP contribution in [0.15, 0.2) is 5.38 Å². The highest BCUT2D eigenvalue weighted by Crippen LogP contribution is 2.60. The summed E-state index contributed by atoms with van der Waals surface area (Å²) in [6.45, 7) is 8.76. The summed E-state index contributed by atoms with van der Waals surface area (Å²) in [5.41, 5.74) is 1.73. The zero-order valence-corrected chi connectivity index (χ0v) is 15.9. The number of thiazole rings is 1. The molecule has 3 heterocycles. The Bertz CT molecular complexity index is 672. The van der Waals surface area contributed by atoms with Crippen molar-refractivity contribution >= 4 is 17.4 Å². The van der Waals surface area contributed by atoms with Crippen molar-refractivity contribution in [3.8, 4) is 0 Å². The maximum absolute atomic E-state index is 11.9. The molecule has 4 aliphatic rings. The summed E-state index contributed by atoms with van der Waals surface area (Å²) in [5.74, 6) is 2.43. The molecule has 5 rings (SSSR count). The summed E-state index contributed by atoms with van der Waals surface area (Å²) in [4.78, 5) is 21.3. The normalized spacial score (nSPS) is 39.5. The molecule has 1 aromatic rings. The van der Waals surface area contributed by atoms with Gasteiger partial charge in [-0.15, -0.1) is 11.3 Å². The number of hydrogen-bond acceptors (Lipinski definition) is 5. The minimum absolute atomic E-state index is 0.119. The maximum atomic E-state index is 11.9. The van der Waals surface area contributed by atoms with Crippen LogP contribution < -0.4 is 0 Å². The van der Waals surface area contributed by atoms with Crippen LogP contribution in [0.3, 0.4) is 0 Å². The summed E-state index contributed by atoms with van der Waals surface area (Å²) in [6, 6.07) is 0.743. The van der Waals surface area contributed by atoms with Crippen molar-refractivity contribution in [3.05, 3.63) is 16.1 Å². The smallest absolute Gasteiger partial charge is 0.409 e. The number of aromatic nitrogens is 1. The summed E-state index contributed by atoms with van der Waals surface area (Å²) in [5, 5.41) is 3.47. The van der Waals surface area contributed by atoms with Crippen LogP contribution in [0.25, 0.3) is 0 Å². The van der Waals surface area contributed by atoms with E-state index >= 15 is 0 Å². The largest absolute Gasteiger partial charge is 0.450 e. The van der Waals surface area contributed by atoms with Gasteiger partial charge in [-0.05, 0) is 50.4 Å². The third kappa shape index (κ3) is 2.60. The number of fused-ring (bicyclic) bond motifs is 1. The van der Waals surface area contributed by atoms with Crippen LogP contribution in [-0.4, -0.2) is 59.7 Å². The van der Waals surface area contributed by atoms with E-state index in [9.17, 15) is 4.79 Å². The predicted molar refractivity (Wildman–Crippen MR) is 96.8 cm³/mol. The standard InChI is InChI=1S/C19H27N3O2S/c1-3-24-18(23)21-5-4-19(11-21)6-13(7-19)22-8-14-15(9-22)17(14)16-10-25-12(2)20-16/h10,13-15,17H,3-9,11H2,1-2H3/t13?,14-,15+,17+,19?. The molecule has 2 saturated carbocycles. The van der Waals surface area contributed by atoms with Crippen molar-refractivity contribution in [3.63, 3.8) is 0 Å². The fraction of sp³-hybridized carbons (Fsp3) is 0.789. The molecule has 0 aromatic carbocycles. The molecule has 0 unspecified atom stereocenters. The number of carbonyl (C=O) groups excluding carboxylic acids is 1. The molecule has 136 valence electrons. The number of piperidine rings is 1. The highest BCUT2D eigenvalue weighted by atomic mass is 32.1. The molecule has 0 bridgehead atoms. The molecule has 2 saturated heterocycles. The Kier molecular flexibility index (Phi) is 3.65. The first-order valence-electron chi connectivity index (χ1n) is 9.66. The number of rotatable bonds is 3. The second-order valence-electron chi connectivity index (χ2n) is 8.53. The first-order valence-corrected chi connectivity index (χ1v) is 10.5. The van der Waals surface area contributed by atoms with E-state index in [1.165, 1.54) is 36.6 Å². The fourth-order valence-corrected chi connectivity index (χ4v) is 6.33. The summed E-state index contributed by atoms with van der Waals surface area (Å²) < 4.78 is 5.16. The lowest BCUT2D eigenvalue weighted by Gasteiger charge is -2.49. The highest BCUT2D eigenvalue weighted by Gasteiger charge is 2.60. The molecular formula is C19H27N3O2S. The maximum Gasteiger partial charge on any atom is 0.409 e. The lowest BCUT2D eigenvalue weighted by Crippen LogP contribution is -2.52. The Morgan fingerprint density at radius 3 is 2.80 bits per heavy atom. The van der Waals surface area contributed by atoms with Crippen molar-refractivity contribution < 1.29 is 9.53 Å². The van der Waals surface area contributed by atoms with Crippen molar-refractivity contribution in [2.75, 3.05) is 32.8 Å². The van der Waals surface area contributed by atoms with Gasteiger partial charge in [-0.3, -0.25) is 4.90 Å². The number of amides is 1. The second kappa shape index (κ2) is 5.68. The number of likely N-dealkylation sites (tertiary alicyclic amines) is 2. The SMILES string of the molecule is CCOC(=O)N1CCC2(CC(N3C[C@@H]4[C@H](C3)[C@H]4c3csc(C)n3)C2)C1. The first kappa shape index (κ1) is 16.1. The van der Waals surface area contributed by atoms with Gasteiger partial charge in [-0.2, -0.15) is 0 Å². The molecule has 3 atom stereocenters. The molecule has 2 aliphatic carbocycles. The molecule has 1 spiro atoms. The quantitative estimate of drug-likeness (QED) is 0.830. The van der Waals surface area contributed by atoms with Gasteiger partial charge < -0.3 is 9.64 Å². The van der Waals surface area contributed by atoms with E-state index < -0.39 is 0 Å². The third-order valence-corrected chi connectivity index (χ3v) is 7.81. The van der Waals surface area contributed by atoms with Gasteiger partial charge in [0.15, 0.2) is 0 Å². The number of ether oxygens (including phenoxy) is 1. The Balaban J connectivity index is 1.12. The van der Waals surface area contributed by atoms with E-state index in [1.54, 1.807) is 11.3 Å². The van der Waals surface area contributed by atoms with Gasteiger partial charge in [0.2, 0.25) is 0 Å². The lowest BCUT2D eigenvalue weighted by molar-refractivity contribution is 0.0117. The van der Waals surface area contributed by atoms with Crippen molar-refractivity contribution in [2.24, 2.45) is 17.3 Å². The first-order chi connectivity index (χ1) is 12.1. The van der Waals surface area contributed by atoms with E-state index in [1.807, 2.05) is 11.8 Å². The van der Waals surface area contributed by atoms with E-state index in [0.29, 0.717) is 12.0 Å². The van der Waals surface area contributed by atoms with Gasteiger partial charge >= 0.3 is 6.09 Å². The Morgan fingerprint density at radius 2 is 2.16 bits per heavy atom. The van der Waals surface area contributed by atoms with Crippen LogP contribution in [0.1, 0.15) is 42.8 Å². The van der Waals surface area contributed by atoms with E-state index in [0.717, 1.165) is 43.3 Å². The molecule has 0 N–H and O–H groups in total. The van der Waals surface area contributed by atoms with Crippen LogP contribution in [0.5, 0.6) is 0 Å². The number of carbonyl (C=O) groups is 1. The van der Waals surface area contributed by atoms with Crippen LogP contribution in [0.2, 0.25) is 0 Å². The molecule has 1 amide bonds. The highest BCUT2D eigenvalue weighted by molar-refractivity contribution is 7.09. The zero-order chi connectivity index (χ0) is 17.2. The Hall–Kier alpha value is -1.14. The lowest BCUT2D eigenvalue weighted by atomic mass is 9.64. The number of nitrogens with zero attached hydrogens (tertiary/aromatic N) is 3. The van der Waals surface area contributed by atoms with Crippen molar-refractivity contribution in [2.45, 2.75) is 45.1 Å². The van der Waals surface area contributed by atoms with Crippen LogP contribution in [0, 0.1) is 24.2 Å². The van der Waals surface area contributed by atoms with Gasteiger partial charge in [0.25, 0.3) is 0 Å². The third-order valence-electron chi connectivity index (χ3n) is 7.02. The van der Waals surface area contributed by atoms with E-state index in [2.05, 4.69) is 17.2 Å². The van der Waals surface area contributed by atoms with Crippen LogP contribution in [-0.2, 0) is 4.74 Å². The molecule has 0 radical (unpaired) electrons. The fourth-order valence-electron chi connectivity index (χ4n) is 5.67. The van der Waals surface area contributed by atoms with Crippen LogP contribution >= 0.6 is 11.3 Å². The average Bonchev–Trinajstić information content (AvgIpc) is 3.02. The molecule has 5 nitrogen and oxygen atoms in total. The van der Waals surface area contributed by atoms with E-state index in [-0.39, 0.29) is 6.09 Å². The molecule has 6 heteroatoms. The van der Waals surface area contributed by atoms with Gasteiger partial charge in [0.1, 0.15) is 0 Å². The molecular weight excluding hydrogens is 334 g/mol. The van der Waals surface area contributed by atoms with Crippen molar-refractivity contribution in [1.29, 1.82) is 0 Å². The summed E-state index contributed by atoms with van der Waals surface area (Å²) in [6.07, 6.45) is 3.57. The predicted octanol–water partition coefficient (Wildman–Crippen LogP) is 3.11. The molecule has 2 aliphatic heterocycles. The van der Waals surface area contributed by atoms with Gasteiger partial charge in [0, 0.05) is 43.5 Å². The minimum atomic E-state index is -0.119. The minimum Gasteiger partial charge on any atom is -0.450 e. The summed E-state index contributed by atoms with van der Waals surface area (Å²) >= 11 is 1.79. The summed E-state index contributed by atoms with van der Waals surface area (Å²) in [7, 11) is 0. The topological polar surface area (TPSA) is 45.7 Å². The molecule has 25 heavy (non-hydrogen) atoms. The number of hydrogen-bond donors (Lipinski definition) is 0. The zero-order valence-electron chi connectivity index (χ0n) is 15.1. The Morgan fingerprint density at radius 1 is 1.40 bits per heavy atom. The van der Waals surface area contributed by atoms with E-state index in [4.69, 9.17) is 9.72 Å². The van der Waals surface area contributed by atoms with Crippen molar-refractivity contribution in [1.82, 2.24) is 14.8 Å². The average molecular weight is 362 g/mol. The van der Waals surface area contributed by atoms with Gasteiger partial charge in [-0.25, -0.2) is 9.78 Å². The molecule has 4 fully saturated rings. The number of aryl methyl sites for hydroxylation is 1.